The van der Waals surface area contributed by atoms with E-state index in [9.17, 15) is 18.0 Å². The van der Waals surface area contributed by atoms with E-state index in [0.717, 1.165) is 19.4 Å². The predicted octanol–water partition coefficient (Wildman–Crippen LogP) is 1.66. The number of rotatable bonds is 3. The van der Waals surface area contributed by atoms with Gasteiger partial charge in [-0.15, -0.1) is 11.6 Å². The number of amides is 1. The summed E-state index contributed by atoms with van der Waals surface area (Å²) in [6.45, 7) is 4.45. The number of nitrogens with zero attached hydrogens (tertiary/aromatic N) is 2. The van der Waals surface area contributed by atoms with E-state index < -0.39 is 12.1 Å². The van der Waals surface area contributed by atoms with Gasteiger partial charge in [0.25, 0.3) is 5.91 Å². The Kier molecular flexibility index (Phi) is 6.33. The Morgan fingerprint density at radius 2 is 1.97 bits per heavy atom. The van der Waals surface area contributed by atoms with Gasteiger partial charge in [-0.2, -0.15) is 13.2 Å². The number of carbonyl (C=O) groups excluding carboxylic acids is 1. The average Bonchev–Trinajstić information content (AvgIpc) is 2.96. The molecule has 0 aromatic rings. The number of hydrogen-bond acceptors (Lipinski definition) is 5. The van der Waals surface area contributed by atoms with Crippen LogP contribution in [0.15, 0.2) is 0 Å². The van der Waals surface area contributed by atoms with Gasteiger partial charge in [-0.05, 0) is 32.1 Å². The average molecular weight is 438 g/mol. The van der Waals surface area contributed by atoms with Crippen LogP contribution in [-0.4, -0.2) is 77.7 Å². The standard InChI is InChI=1S/C19H31ClF3N5O/c1-11-25-15-10-27(17-14(20)8-24-26-18(17)29)7-6-16(15)28(11)9-12-4-2-3-5-13(12)19(21,22)23/h11-17,24-25H,2-10H2,1H3,(H,26,29). The minimum absolute atomic E-state index is 0.0365. The first-order chi connectivity index (χ1) is 13.8. The number of halogens is 4. The molecule has 1 aliphatic carbocycles. The summed E-state index contributed by atoms with van der Waals surface area (Å²) < 4.78 is 40.6. The third kappa shape index (κ3) is 4.39. The number of hydrogen-bond donors (Lipinski definition) is 3. The van der Waals surface area contributed by atoms with Crippen molar-refractivity contribution < 1.29 is 18.0 Å². The van der Waals surface area contributed by atoms with E-state index in [0.29, 0.717) is 32.5 Å². The van der Waals surface area contributed by atoms with Gasteiger partial charge in [0.15, 0.2) is 0 Å². The highest BCUT2D eigenvalue weighted by Gasteiger charge is 2.50. The van der Waals surface area contributed by atoms with Crippen molar-refractivity contribution in [1.82, 2.24) is 26.0 Å². The SMILES string of the molecule is CC1NC2CN(C3C(=O)NNCC3Cl)CCC2N1CC1CCCCC1C(F)(F)F. The molecule has 4 fully saturated rings. The van der Waals surface area contributed by atoms with Crippen molar-refractivity contribution in [2.24, 2.45) is 11.8 Å². The van der Waals surface area contributed by atoms with Crippen molar-refractivity contribution in [3.05, 3.63) is 0 Å². The second-order valence-corrected chi connectivity index (χ2v) is 9.58. The Morgan fingerprint density at radius 1 is 1.21 bits per heavy atom. The number of alkyl halides is 4. The number of fused-ring (bicyclic) bond motifs is 1. The number of likely N-dealkylation sites (tertiary alicyclic amines) is 1. The van der Waals surface area contributed by atoms with E-state index in [-0.39, 0.29) is 47.9 Å². The van der Waals surface area contributed by atoms with Crippen molar-refractivity contribution in [3.63, 3.8) is 0 Å². The lowest BCUT2D eigenvalue weighted by Gasteiger charge is -2.44. The van der Waals surface area contributed by atoms with Crippen molar-refractivity contribution in [2.45, 2.75) is 74.9 Å². The fourth-order valence-corrected chi connectivity index (χ4v) is 6.22. The van der Waals surface area contributed by atoms with Crippen LogP contribution >= 0.6 is 11.6 Å². The van der Waals surface area contributed by atoms with Crippen molar-refractivity contribution in [3.8, 4) is 0 Å². The zero-order valence-electron chi connectivity index (χ0n) is 16.7. The molecule has 0 aromatic carbocycles. The largest absolute Gasteiger partial charge is 0.392 e. The quantitative estimate of drug-likeness (QED) is 0.586. The molecule has 1 amide bonds. The zero-order valence-corrected chi connectivity index (χ0v) is 17.5. The minimum atomic E-state index is -4.11. The summed E-state index contributed by atoms with van der Waals surface area (Å²) in [5.74, 6) is -1.63. The molecule has 3 saturated heterocycles. The Morgan fingerprint density at radius 3 is 2.69 bits per heavy atom. The Balaban J connectivity index is 1.41. The lowest BCUT2D eigenvalue weighted by Crippen LogP contribution is -2.66. The van der Waals surface area contributed by atoms with Crippen LogP contribution in [0, 0.1) is 11.8 Å². The molecule has 29 heavy (non-hydrogen) atoms. The molecule has 3 aliphatic heterocycles. The fourth-order valence-electron chi connectivity index (χ4n) is 5.87. The number of nitrogens with one attached hydrogen (secondary N) is 3. The number of hydrazine groups is 1. The first kappa shape index (κ1) is 21.6. The third-order valence-corrected chi connectivity index (χ3v) is 7.67. The first-order valence-electron chi connectivity index (χ1n) is 10.7. The highest BCUT2D eigenvalue weighted by atomic mass is 35.5. The van der Waals surface area contributed by atoms with Gasteiger partial charge < -0.3 is 0 Å². The first-order valence-corrected chi connectivity index (χ1v) is 11.2. The second-order valence-electron chi connectivity index (χ2n) is 9.02. The normalized spacial score (nSPS) is 42.5. The number of carbonyl (C=O) groups is 1. The van der Waals surface area contributed by atoms with Gasteiger partial charge in [-0.3, -0.25) is 25.3 Å². The molecule has 3 N–H and O–H groups in total. The lowest BCUT2D eigenvalue weighted by atomic mass is 9.78. The van der Waals surface area contributed by atoms with Gasteiger partial charge in [-0.25, -0.2) is 5.43 Å². The molecule has 166 valence electrons. The summed E-state index contributed by atoms with van der Waals surface area (Å²) >= 11 is 6.40. The Bertz CT molecular complexity index is 609. The zero-order chi connectivity index (χ0) is 20.8. The molecule has 4 rings (SSSR count). The Labute approximate surface area is 174 Å². The van der Waals surface area contributed by atoms with Gasteiger partial charge >= 0.3 is 6.18 Å². The van der Waals surface area contributed by atoms with Crippen LogP contribution < -0.4 is 16.2 Å². The summed E-state index contributed by atoms with van der Waals surface area (Å²) in [7, 11) is 0. The van der Waals surface area contributed by atoms with Gasteiger partial charge in [0.1, 0.15) is 6.04 Å². The molecule has 0 bridgehead atoms. The molecule has 10 heteroatoms. The molecule has 7 unspecified atom stereocenters. The molecular weight excluding hydrogens is 407 g/mol. The monoisotopic (exact) mass is 437 g/mol. The van der Waals surface area contributed by atoms with Gasteiger partial charge in [-0.1, -0.05) is 12.8 Å². The van der Waals surface area contributed by atoms with Crippen LogP contribution in [0.2, 0.25) is 0 Å². The third-order valence-electron chi connectivity index (χ3n) is 7.27. The molecule has 1 saturated carbocycles. The molecule has 6 nitrogen and oxygen atoms in total. The summed E-state index contributed by atoms with van der Waals surface area (Å²) in [4.78, 5) is 16.7. The van der Waals surface area contributed by atoms with Crippen LogP contribution in [0.25, 0.3) is 0 Å². The highest BCUT2D eigenvalue weighted by molar-refractivity contribution is 6.23. The van der Waals surface area contributed by atoms with Crippen molar-refractivity contribution in [2.75, 3.05) is 26.2 Å². The minimum Gasteiger partial charge on any atom is -0.296 e. The van der Waals surface area contributed by atoms with Crippen molar-refractivity contribution >= 4 is 17.5 Å². The smallest absolute Gasteiger partial charge is 0.296 e. The molecular formula is C19H31ClF3N5O. The topological polar surface area (TPSA) is 59.6 Å². The van der Waals surface area contributed by atoms with E-state index in [1.54, 1.807) is 0 Å². The van der Waals surface area contributed by atoms with Crippen LogP contribution in [0.5, 0.6) is 0 Å². The second kappa shape index (κ2) is 8.49. The van der Waals surface area contributed by atoms with Crippen LogP contribution in [0.4, 0.5) is 13.2 Å². The maximum Gasteiger partial charge on any atom is 0.392 e. The van der Waals surface area contributed by atoms with Crippen LogP contribution in [0.3, 0.4) is 0 Å². The van der Waals surface area contributed by atoms with Gasteiger partial charge in [0.2, 0.25) is 0 Å². The molecule has 0 spiro atoms. The van der Waals surface area contributed by atoms with E-state index >= 15 is 0 Å². The summed E-state index contributed by atoms with van der Waals surface area (Å²) in [5.41, 5.74) is 5.46. The van der Waals surface area contributed by atoms with E-state index in [1.165, 1.54) is 0 Å². The summed E-state index contributed by atoms with van der Waals surface area (Å²) in [6.07, 6.45) is -0.777. The molecule has 4 aliphatic rings. The fraction of sp³-hybridized carbons (Fsp3) is 0.947. The molecule has 0 aromatic heterocycles. The maximum atomic E-state index is 13.5. The predicted molar refractivity (Wildman–Crippen MR) is 104 cm³/mol. The van der Waals surface area contributed by atoms with E-state index in [4.69, 9.17) is 11.6 Å². The van der Waals surface area contributed by atoms with Crippen LogP contribution in [-0.2, 0) is 4.79 Å². The van der Waals surface area contributed by atoms with E-state index in [1.807, 2.05) is 6.92 Å². The highest BCUT2D eigenvalue weighted by Crippen LogP contribution is 2.42. The lowest BCUT2D eigenvalue weighted by molar-refractivity contribution is -0.198. The molecule has 0 radical (unpaired) electrons. The molecule has 7 atom stereocenters. The Hall–Kier alpha value is -0.610. The maximum absolute atomic E-state index is 13.5. The van der Waals surface area contributed by atoms with E-state index in [2.05, 4.69) is 26.0 Å². The van der Waals surface area contributed by atoms with Gasteiger partial charge in [0, 0.05) is 38.3 Å². The summed E-state index contributed by atoms with van der Waals surface area (Å²) in [6, 6.07) is -0.0354. The van der Waals surface area contributed by atoms with Crippen molar-refractivity contribution in [1.29, 1.82) is 0 Å². The number of piperidine rings is 1. The molecule has 3 heterocycles. The van der Waals surface area contributed by atoms with Gasteiger partial charge in [0.05, 0.1) is 17.5 Å². The van der Waals surface area contributed by atoms with Crippen LogP contribution in [0.1, 0.15) is 39.0 Å². The summed E-state index contributed by atoms with van der Waals surface area (Å²) in [5, 5.41) is 3.26.